The predicted octanol–water partition coefficient (Wildman–Crippen LogP) is 4.99. The van der Waals surface area contributed by atoms with Gasteiger partial charge in [0.15, 0.2) is 21.3 Å². The number of rotatable bonds is 4. The Hall–Kier alpha value is -1.76. The average molecular weight is 399 g/mol. The summed E-state index contributed by atoms with van der Waals surface area (Å²) in [6, 6.07) is 0. The van der Waals surface area contributed by atoms with Gasteiger partial charge in [-0.3, -0.25) is 0 Å². The van der Waals surface area contributed by atoms with E-state index in [-0.39, 0.29) is 23.0 Å². The Labute approximate surface area is 165 Å². The quantitative estimate of drug-likeness (QED) is 0.665. The third-order valence-electron chi connectivity index (χ3n) is 4.28. The zero-order valence-electron chi connectivity index (χ0n) is 16.3. The minimum absolute atomic E-state index is 0.251. The van der Waals surface area contributed by atoms with Crippen molar-refractivity contribution in [2.24, 2.45) is 0 Å². The van der Waals surface area contributed by atoms with Gasteiger partial charge in [0.2, 0.25) is 0 Å². The molecule has 0 spiro atoms. The lowest BCUT2D eigenvalue weighted by Crippen LogP contribution is -2.09. The van der Waals surface area contributed by atoms with E-state index in [1.807, 2.05) is 0 Å². The molecule has 0 aliphatic carbocycles. The lowest BCUT2D eigenvalue weighted by atomic mass is 10.1. The van der Waals surface area contributed by atoms with E-state index in [9.17, 15) is 9.59 Å². The molecule has 1 aliphatic rings. The maximum Gasteiger partial charge on any atom is 0.352 e. The van der Waals surface area contributed by atoms with Gasteiger partial charge in [-0.05, 0) is 26.7 Å². The minimum Gasteiger partial charge on any atom is -0.488 e. The highest BCUT2D eigenvalue weighted by Crippen LogP contribution is 2.43. The molecule has 1 aliphatic heterocycles. The first kappa shape index (κ1) is 21.5. The van der Waals surface area contributed by atoms with E-state index in [0.29, 0.717) is 24.7 Å². The molecule has 7 heteroatoms. The van der Waals surface area contributed by atoms with Crippen molar-refractivity contribution in [1.82, 2.24) is 0 Å². The molecule has 0 bridgehead atoms. The summed E-state index contributed by atoms with van der Waals surface area (Å²) in [7, 11) is 0. The number of hydrogen-bond acceptors (Lipinski definition) is 7. The molecular weight excluding hydrogens is 368 g/mol. The fourth-order valence-electron chi connectivity index (χ4n) is 2.94. The van der Waals surface area contributed by atoms with E-state index in [2.05, 4.69) is 0 Å². The molecule has 0 saturated heterocycles. The van der Waals surface area contributed by atoms with Gasteiger partial charge in [0.1, 0.15) is 0 Å². The summed E-state index contributed by atoms with van der Waals surface area (Å²) in [4.78, 5) is 25.3. The molecule has 1 aromatic heterocycles. The van der Waals surface area contributed by atoms with Gasteiger partial charge < -0.3 is 18.9 Å². The van der Waals surface area contributed by atoms with E-state index >= 15 is 0 Å². The van der Waals surface area contributed by atoms with Crippen molar-refractivity contribution in [3.8, 4) is 11.5 Å². The van der Waals surface area contributed by atoms with E-state index in [4.69, 9.17) is 18.9 Å². The summed E-state index contributed by atoms with van der Waals surface area (Å²) < 4.78 is 22.1. The molecule has 0 N–H and O–H groups in total. The number of fused-ring (bicyclic) bond motifs is 1. The standard InChI is InChI=1S/C20H30O6S/c1-3-23-19(21)17-15-16(18(27-17)20(22)24-4-2)26-14-12-10-8-6-5-7-9-11-13-25-15/h3-14H2,1-2H3. The molecule has 0 unspecified atom stereocenters. The molecule has 0 saturated carbocycles. The number of hydrogen-bond donors (Lipinski definition) is 0. The smallest absolute Gasteiger partial charge is 0.352 e. The minimum atomic E-state index is -0.501. The van der Waals surface area contributed by atoms with Gasteiger partial charge in [-0.1, -0.05) is 38.5 Å². The fourth-order valence-corrected chi connectivity index (χ4v) is 3.92. The number of ether oxygens (including phenoxy) is 4. The molecular formula is C20H30O6S. The zero-order valence-corrected chi connectivity index (χ0v) is 17.2. The maximum absolute atomic E-state index is 12.4. The van der Waals surface area contributed by atoms with Crippen LogP contribution in [0, 0.1) is 0 Å². The molecule has 0 fully saturated rings. The highest BCUT2D eigenvalue weighted by Gasteiger charge is 2.31. The average Bonchev–Trinajstić information content (AvgIpc) is 3.01. The largest absolute Gasteiger partial charge is 0.488 e. The summed E-state index contributed by atoms with van der Waals surface area (Å²) in [6.07, 6.45) is 8.82. The van der Waals surface area contributed by atoms with Crippen LogP contribution in [0.5, 0.6) is 11.5 Å². The highest BCUT2D eigenvalue weighted by molar-refractivity contribution is 7.16. The summed E-state index contributed by atoms with van der Waals surface area (Å²) >= 11 is 1.02. The van der Waals surface area contributed by atoms with Crippen molar-refractivity contribution in [3.05, 3.63) is 9.75 Å². The van der Waals surface area contributed by atoms with Crippen molar-refractivity contribution in [3.63, 3.8) is 0 Å². The summed E-state index contributed by atoms with van der Waals surface area (Å²) in [6.45, 7) is 4.94. The summed E-state index contributed by atoms with van der Waals surface area (Å²) in [5.41, 5.74) is 0. The van der Waals surface area contributed by atoms with Gasteiger partial charge in [-0.2, -0.15) is 0 Å². The first-order valence-corrected chi connectivity index (χ1v) is 10.8. The van der Waals surface area contributed by atoms with Gasteiger partial charge in [0.05, 0.1) is 26.4 Å². The summed E-state index contributed by atoms with van der Waals surface area (Å²) in [5.74, 6) is -0.366. The molecule has 0 amide bonds. The highest BCUT2D eigenvalue weighted by atomic mass is 32.1. The van der Waals surface area contributed by atoms with Gasteiger partial charge in [0, 0.05) is 0 Å². The lowest BCUT2D eigenvalue weighted by Gasteiger charge is -2.13. The van der Waals surface area contributed by atoms with Crippen LogP contribution in [-0.4, -0.2) is 38.4 Å². The first-order valence-electron chi connectivity index (χ1n) is 9.95. The van der Waals surface area contributed by atoms with Crippen molar-refractivity contribution >= 4 is 23.3 Å². The molecule has 2 heterocycles. The Morgan fingerprint density at radius 2 is 1.11 bits per heavy atom. The summed E-state index contributed by atoms with van der Waals surface area (Å²) in [5, 5.41) is 0. The van der Waals surface area contributed by atoms with Gasteiger partial charge >= 0.3 is 11.9 Å². The van der Waals surface area contributed by atoms with Crippen molar-refractivity contribution in [2.45, 2.75) is 65.2 Å². The van der Waals surface area contributed by atoms with Crippen LogP contribution in [0.15, 0.2) is 0 Å². The predicted molar refractivity (Wildman–Crippen MR) is 104 cm³/mol. The second kappa shape index (κ2) is 11.8. The van der Waals surface area contributed by atoms with Crippen LogP contribution in [0.1, 0.15) is 84.6 Å². The van der Waals surface area contributed by atoms with Crippen LogP contribution in [0.4, 0.5) is 0 Å². The van der Waals surface area contributed by atoms with Crippen molar-refractivity contribution < 1.29 is 28.5 Å². The third kappa shape index (κ3) is 6.41. The first-order chi connectivity index (χ1) is 13.2. The van der Waals surface area contributed by atoms with Gasteiger partial charge in [-0.15, -0.1) is 11.3 Å². The Kier molecular flexibility index (Phi) is 9.45. The second-order valence-electron chi connectivity index (χ2n) is 6.38. The maximum atomic E-state index is 12.4. The van der Waals surface area contributed by atoms with E-state index < -0.39 is 11.9 Å². The monoisotopic (exact) mass is 398 g/mol. The van der Waals surface area contributed by atoms with Crippen LogP contribution in [0.2, 0.25) is 0 Å². The number of carbonyl (C=O) groups is 2. The molecule has 0 radical (unpaired) electrons. The topological polar surface area (TPSA) is 71.1 Å². The Balaban J connectivity index is 2.32. The SMILES string of the molecule is CCOC(=O)c1sc(C(=O)OCC)c2c1OCCCCCCCCCCO2. The molecule has 27 heavy (non-hydrogen) atoms. The van der Waals surface area contributed by atoms with Crippen LogP contribution < -0.4 is 9.47 Å². The van der Waals surface area contributed by atoms with Crippen LogP contribution in [-0.2, 0) is 9.47 Å². The Morgan fingerprint density at radius 3 is 1.48 bits per heavy atom. The third-order valence-corrected chi connectivity index (χ3v) is 5.39. The van der Waals surface area contributed by atoms with Crippen LogP contribution in [0.3, 0.4) is 0 Å². The van der Waals surface area contributed by atoms with Crippen molar-refractivity contribution in [1.29, 1.82) is 0 Å². The zero-order chi connectivity index (χ0) is 19.5. The molecule has 2 rings (SSSR count). The molecule has 152 valence electrons. The fraction of sp³-hybridized carbons (Fsp3) is 0.700. The number of carbonyl (C=O) groups excluding carboxylic acids is 2. The second-order valence-corrected chi connectivity index (χ2v) is 7.41. The van der Waals surface area contributed by atoms with Gasteiger partial charge in [0.25, 0.3) is 0 Å². The lowest BCUT2D eigenvalue weighted by molar-refractivity contribution is 0.0516. The molecule has 6 nitrogen and oxygen atoms in total. The Bertz CT molecular complexity index is 559. The number of esters is 2. The molecule has 0 atom stereocenters. The van der Waals surface area contributed by atoms with Gasteiger partial charge in [-0.25, -0.2) is 9.59 Å². The molecule has 1 aromatic rings. The van der Waals surface area contributed by atoms with Crippen LogP contribution in [0.25, 0.3) is 0 Å². The molecule has 0 aromatic carbocycles. The van der Waals surface area contributed by atoms with Crippen molar-refractivity contribution in [2.75, 3.05) is 26.4 Å². The normalized spacial score (nSPS) is 16.2. The number of thiophene rings is 1. The van der Waals surface area contributed by atoms with E-state index in [0.717, 1.165) is 37.0 Å². The van der Waals surface area contributed by atoms with E-state index in [1.165, 1.54) is 25.7 Å². The Morgan fingerprint density at radius 1 is 0.741 bits per heavy atom. The van der Waals surface area contributed by atoms with Crippen LogP contribution >= 0.6 is 11.3 Å². The van der Waals surface area contributed by atoms with E-state index in [1.54, 1.807) is 13.8 Å².